The molecule has 0 bridgehead atoms. The fraction of sp³-hybridized carbons (Fsp3) is 0.923. The van der Waals surface area contributed by atoms with Crippen LogP contribution in [0.3, 0.4) is 0 Å². The molecule has 1 saturated carbocycles. The molecule has 4 atom stereocenters. The standard InChI is InChI=1S/C13H22N2OS/c14-12-2-1-9-6-15(7-11(9)5-12)13(16)10-3-4-17-8-10/h9-12H,1-8,14H2/t9-,10?,11+,12?/m1/s1. The van der Waals surface area contributed by atoms with Gasteiger partial charge in [-0.3, -0.25) is 4.79 Å². The zero-order chi connectivity index (χ0) is 11.8. The van der Waals surface area contributed by atoms with Crippen LogP contribution in [0.25, 0.3) is 0 Å². The van der Waals surface area contributed by atoms with Gasteiger partial charge >= 0.3 is 0 Å². The first kappa shape index (κ1) is 11.8. The molecule has 0 aromatic heterocycles. The lowest BCUT2D eigenvalue weighted by Gasteiger charge is -2.27. The molecule has 3 fully saturated rings. The lowest BCUT2D eigenvalue weighted by molar-refractivity contribution is -0.133. The SMILES string of the molecule is NC1CC[C@@H]2CN(C(=O)C3CCSC3)C[C@@H]2C1. The number of rotatable bonds is 1. The highest BCUT2D eigenvalue weighted by Crippen LogP contribution is 2.37. The van der Waals surface area contributed by atoms with Crippen LogP contribution in [0.2, 0.25) is 0 Å². The molecule has 3 rings (SSSR count). The first-order valence-electron chi connectivity index (χ1n) is 6.86. The van der Waals surface area contributed by atoms with Gasteiger partial charge in [0.25, 0.3) is 0 Å². The van der Waals surface area contributed by atoms with Crippen molar-refractivity contribution in [1.82, 2.24) is 4.90 Å². The predicted octanol–water partition coefficient (Wildman–Crippen LogP) is 1.33. The molecule has 0 spiro atoms. The summed E-state index contributed by atoms with van der Waals surface area (Å²) >= 11 is 1.93. The van der Waals surface area contributed by atoms with Crippen molar-refractivity contribution in [3.8, 4) is 0 Å². The fourth-order valence-corrected chi connectivity index (χ4v) is 4.85. The summed E-state index contributed by atoms with van der Waals surface area (Å²) in [6.07, 6.45) is 4.61. The van der Waals surface area contributed by atoms with E-state index in [1.807, 2.05) is 11.8 Å². The quantitative estimate of drug-likeness (QED) is 0.768. The summed E-state index contributed by atoms with van der Waals surface area (Å²) in [5.41, 5.74) is 6.03. The molecule has 2 unspecified atom stereocenters. The lowest BCUT2D eigenvalue weighted by Crippen LogP contribution is -2.35. The van der Waals surface area contributed by atoms with E-state index in [1.54, 1.807) is 0 Å². The van der Waals surface area contributed by atoms with Crippen LogP contribution >= 0.6 is 11.8 Å². The van der Waals surface area contributed by atoms with Crippen molar-refractivity contribution in [2.75, 3.05) is 24.6 Å². The molecule has 0 aromatic carbocycles. The molecule has 2 heterocycles. The van der Waals surface area contributed by atoms with Gasteiger partial charge in [-0.05, 0) is 43.3 Å². The van der Waals surface area contributed by atoms with Crippen LogP contribution < -0.4 is 5.73 Å². The maximum absolute atomic E-state index is 12.4. The summed E-state index contributed by atoms with van der Waals surface area (Å²) in [5.74, 6) is 4.39. The Kier molecular flexibility index (Phi) is 3.35. The second kappa shape index (κ2) is 4.81. The molecule has 96 valence electrons. The van der Waals surface area contributed by atoms with Gasteiger partial charge in [0.1, 0.15) is 0 Å². The first-order chi connectivity index (χ1) is 8.24. The number of carbonyl (C=O) groups is 1. The molecule has 1 aliphatic carbocycles. The highest BCUT2D eigenvalue weighted by molar-refractivity contribution is 7.99. The van der Waals surface area contributed by atoms with E-state index in [0.717, 1.165) is 44.0 Å². The third kappa shape index (κ3) is 2.34. The van der Waals surface area contributed by atoms with Gasteiger partial charge in [-0.2, -0.15) is 11.8 Å². The van der Waals surface area contributed by atoms with Gasteiger partial charge in [0, 0.05) is 30.8 Å². The van der Waals surface area contributed by atoms with Gasteiger partial charge in [0.2, 0.25) is 5.91 Å². The molecule has 3 aliphatic rings. The molecule has 2 aliphatic heterocycles. The van der Waals surface area contributed by atoms with Gasteiger partial charge in [0.05, 0.1) is 0 Å². The average Bonchev–Trinajstić information content (AvgIpc) is 2.96. The molecular formula is C13H22N2OS. The lowest BCUT2D eigenvalue weighted by atomic mass is 9.79. The summed E-state index contributed by atoms with van der Waals surface area (Å²) in [6, 6.07) is 0.383. The molecule has 2 saturated heterocycles. The summed E-state index contributed by atoms with van der Waals surface area (Å²) in [7, 11) is 0. The molecule has 0 aromatic rings. The van der Waals surface area contributed by atoms with Gasteiger partial charge in [-0.15, -0.1) is 0 Å². The number of likely N-dealkylation sites (tertiary alicyclic amines) is 1. The molecule has 2 N–H and O–H groups in total. The molecule has 3 nitrogen and oxygen atoms in total. The van der Waals surface area contributed by atoms with E-state index in [9.17, 15) is 4.79 Å². The van der Waals surface area contributed by atoms with Crippen LogP contribution in [-0.4, -0.2) is 41.4 Å². The zero-order valence-corrected chi connectivity index (χ0v) is 11.1. The van der Waals surface area contributed by atoms with E-state index in [2.05, 4.69) is 4.90 Å². The van der Waals surface area contributed by atoms with Crippen LogP contribution in [0.1, 0.15) is 25.7 Å². The number of nitrogens with two attached hydrogens (primary N) is 1. The zero-order valence-electron chi connectivity index (χ0n) is 10.3. The third-order valence-corrected chi connectivity index (χ3v) is 5.84. The normalized spacial score (nSPS) is 41.6. The second-order valence-electron chi connectivity index (χ2n) is 5.90. The Balaban J connectivity index is 1.61. The number of hydrogen-bond acceptors (Lipinski definition) is 3. The van der Waals surface area contributed by atoms with Crippen molar-refractivity contribution in [3.05, 3.63) is 0 Å². The Morgan fingerprint density at radius 1 is 1.18 bits per heavy atom. The number of amides is 1. The second-order valence-corrected chi connectivity index (χ2v) is 7.05. The number of nitrogens with zero attached hydrogens (tertiary/aromatic N) is 1. The van der Waals surface area contributed by atoms with E-state index >= 15 is 0 Å². The van der Waals surface area contributed by atoms with Crippen molar-refractivity contribution >= 4 is 17.7 Å². The highest BCUT2D eigenvalue weighted by Gasteiger charge is 2.40. The number of thioether (sulfide) groups is 1. The van der Waals surface area contributed by atoms with Gasteiger partial charge in [-0.1, -0.05) is 0 Å². The third-order valence-electron chi connectivity index (χ3n) is 4.68. The van der Waals surface area contributed by atoms with E-state index in [-0.39, 0.29) is 0 Å². The van der Waals surface area contributed by atoms with Crippen LogP contribution in [0, 0.1) is 17.8 Å². The fourth-order valence-electron chi connectivity index (χ4n) is 3.64. The Morgan fingerprint density at radius 2 is 2.00 bits per heavy atom. The van der Waals surface area contributed by atoms with E-state index in [4.69, 9.17) is 5.73 Å². The molecule has 4 heteroatoms. The summed E-state index contributed by atoms with van der Waals surface area (Å²) in [4.78, 5) is 14.5. The first-order valence-corrected chi connectivity index (χ1v) is 8.01. The Hall–Kier alpha value is -0.220. The van der Waals surface area contributed by atoms with Crippen molar-refractivity contribution in [2.45, 2.75) is 31.7 Å². The van der Waals surface area contributed by atoms with Crippen molar-refractivity contribution in [3.63, 3.8) is 0 Å². The van der Waals surface area contributed by atoms with Gasteiger partial charge in [0.15, 0.2) is 0 Å². The van der Waals surface area contributed by atoms with Crippen LogP contribution in [0.15, 0.2) is 0 Å². The smallest absolute Gasteiger partial charge is 0.226 e. The highest BCUT2D eigenvalue weighted by atomic mass is 32.2. The summed E-state index contributed by atoms with van der Waals surface area (Å²) in [6.45, 7) is 2.00. The number of hydrogen-bond donors (Lipinski definition) is 1. The van der Waals surface area contributed by atoms with E-state index in [1.165, 1.54) is 12.2 Å². The molecule has 1 amide bonds. The number of fused-ring (bicyclic) bond motifs is 1. The topological polar surface area (TPSA) is 46.3 Å². The predicted molar refractivity (Wildman–Crippen MR) is 70.8 cm³/mol. The minimum atomic E-state index is 0.314. The van der Waals surface area contributed by atoms with E-state index < -0.39 is 0 Å². The van der Waals surface area contributed by atoms with Crippen LogP contribution in [-0.2, 0) is 4.79 Å². The summed E-state index contributed by atoms with van der Waals surface area (Å²) in [5, 5.41) is 0. The van der Waals surface area contributed by atoms with Crippen LogP contribution in [0.4, 0.5) is 0 Å². The Bertz CT molecular complexity index is 304. The molecular weight excluding hydrogens is 232 g/mol. The van der Waals surface area contributed by atoms with Crippen molar-refractivity contribution in [2.24, 2.45) is 23.5 Å². The van der Waals surface area contributed by atoms with Gasteiger partial charge in [-0.25, -0.2) is 0 Å². The summed E-state index contributed by atoms with van der Waals surface area (Å²) < 4.78 is 0. The Morgan fingerprint density at radius 3 is 2.76 bits per heavy atom. The van der Waals surface area contributed by atoms with Crippen molar-refractivity contribution < 1.29 is 4.79 Å². The monoisotopic (exact) mass is 254 g/mol. The van der Waals surface area contributed by atoms with Crippen molar-refractivity contribution in [1.29, 1.82) is 0 Å². The minimum absolute atomic E-state index is 0.314. The van der Waals surface area contributed by atoms with Crippen LogP contribution in [0.5, 0.6) is 0 Å². The molecule has 0 radical (unpaired) electrons. The minimum Gasteiger partial charge on any atom is -0.342 e. The van der Waals surface area contributed by atoms with Gasteiger partial charge < -0.3 is 10.6 Å². The van der Waals surface area contributed by atoms with E-state index in [0.29, 0.717) is 23.8 Å². The molecule has 17 heavy (non-hydrogen) atoms. The Labute approximate surface area is 107 Å². The number of carbonyl (C=O) groups excluding carboxylic acids is 1. The maximum atomic E-state index is 12.4. The largest absolute Gasteiger partial charge is 0.342 e. The maximum Gasteiger partial charge on any atom is 0.226 e. The average molecular weight is 254 g/mol.